The highest BCUT2D eigenvalue weighted by Crippen LogP contribution is 2.48. The van der Waals surface area contributed by atoms with E-state index in [2.05, 4.69) is 6.92 Å². The average molecular weight is 227 g/mol. The number of nitrogens with two attached hydrogens (primary N) is 1. The van der Waals surface area contributed by atoms with Crippen LogP contribution in [0.25, 0.3) is 0 Å². The number of rotatable bonds is 8. The second-order valence-corrected chi connectivity index (χ2v) is 4.94. The quantitative estimate of drug-likeness (QED) is 0.512. The van der Waals surface area contributed by atoms with E-state index in [0.29, 0.717) is 12.5 Å². The topological polar surface area (TPSA) is 52.3 Å². The third-order valence-electron chi connectivity index (χ3n) is 3.79. The molecule has 1 fully saturated rings. The molecular formula is C13H25NO2. The van der Waals surface area contributed by atoms with Crippen LogP contribution in [0.1, 0.15) is 51.9 Å². The second-order valence-electron chi connectivity index (χ2n) is 4.94. The molecule has 2 N–H and O–H groups in total. The SMILES string of the molecule is CCCCCCC(CN)(C(=O)OC)C1CC1. The molecular weight excluding hydrogens is 202 g/mol. The van der Waals surface area contributed by atoms with Crippen LogP contribution in [0.4, 0.5) is 0 Å². The first-order chi connectivity index (χ1) is 7.71. The summed E-state index contributed by atoms with van der Waals surface area (Å²) in [6, 6.07) is 0. The van der Waals surface area contributed by atoms with E-state index < -0.39 is 0 Å². The molecule has 94 valence electrons. The van der Waals surface area contributed by atoms with Gasteiger partial charge in [0, 0.05) is 6.54 Å². The number of ether oxygens (including phenoxy) is 1. The molecule has 3 nitrogen and oxygen atoms in total. The number of carbonyl (C=O) groups excluding carboxylic acids is 1. The van der Waals surface area contributed by atoms with Gasteiger partial charge in [-0.15, -0.1) is 0 Å². The molecule has 0 aliphatic heterocycles. The van der Waals surface area contributed by atoms with Crippen LogP contribution in [0.5, 0.6) is 0 Å². The number of carbonyl (C=O) groups is 1. The van der Waals surface area contributed by atoms with Gasteiger partial charge in [-0.2, -0.15) is 0 Å². The maximum atomic E-state index is 11.9. The van der Waals surface area contributed by atoms with Crippen molar-refractivity contribution in [1.29, 1.82) is 0 Å². The number of hydrogen-bond acceptors (Lipinski definition) is 3. The molecule has 1 unspecified atom stereocenters. The fourth-order valence-electron chi connectivity index (χ4n) is 2.53. The third kappa shape index (κ3) is 2.97. The smallest absolute Gasteiger partial charge is 0.313 e. The van der Waals surface area contributed by atoms with E-state index >= 15 is 0 Å². The summed E-state index contributed by atoms with van der Waals surface area (Å²) in [5.41, 5.74) is 5.47. The maximum absolute atomic E-state index is 11.9. The van der Waals surface area contributed by atoms with Gasteiger partial charge < -0.3 is 10.5 Å². The number of hydrogen-bond donors (Lipinski definition) is 1. The average Bonchev–Trinajstić information content (AvgIpc) is 3.13. The van der Waals surface area contributed by atoms with Gasteiger partial charge in [0.05, 0.1) is 12.5 Å². The van der Waals surface area contributed by atoms with Gasteiger partial charge in [0.15, 0.2) is 0 Å². The Labute approximate surface area is 98.7 Å². The van der Waals surface area contributed by atoms with Crippen molar-refractivity contribution in [3.8, 4) is 0 Å². The summed E-state index contributed by atoms with van der Waals surface area (Å²) in [6.45, 7) is 2.63. The molecule has 0 aromatic carbocycles. The molecule has 0 radical (unpaired) electrons. The molecule has 0 aromatic heterocycles. The Morgan fingerprint density at radius 1 is 1.38 bits per heavy atom. The van der Waals surface area contributed by atoms with Crippen LogP contribution in [0.2, 0.25) is 0 Å². The van der Waals surface area contributed by atoms with Crippen molar-refractivity contribution >= 4 is 5.97 Å². The lowest BCUT2D eigenvalue weighted by atomic mass is 9.78. The molecule has 0 bridgehead atoms. The first kappa shape index (κ1) is 13.5. The number of esters is 1. The normalized spacial score (nSPS) is 19.2. The predicted octanol–water partition coefficient (Wildman–Crippen LogP) is 2.48. The van der Waals surface area contributed by atoms with Gasteiger partial charge in [-0.05, 0) is 25.2 Å². The first-order valence-electron chi connectivity index (χ1n) is 6.49. The van der Waals surface area contributed by atoms with E-state index in [1.165, 1.54) is 26.4 Å². The van der Waals surface area contributed by atoms with Crippen molar-refractivity contribution in [1.82, 2.24) is 0 Å². The second kappa shape index (κ2) is 6.24. The van der Waals surface area contributed by atoms with Gasteiger partial charge in [-0.1, -0.05) is 32.6 Å². The van der Waals surface area contributed by atoms with Crippen molar-refractivity contribution < 1.29 is 9.53 Å². The molecule has 3 heteroatoms. The lowest BCUT2D eigenvalue weighted by Gasteiger charge is -2.29. The lowest BCUT2D eigenvalue weighted by molar-refractivity contribution is -0.154. The van der Waals surface area contributed by atoms with Crippen LogP contribution < -0.4 is 5.73 Å². The molecule has 0 spiro atoms. The third-order valence-corrected chi connectivity index (χ3v) is 3.79. The van der Waals surface area contributed by atoms with Crippen molar-refractivity contribution in [2.75, 3.05) is 13.7 Å². The van der Waals surface area contributed by atoms with Crippen molar-refractivity contribution in [2.45, 2.75) is 51.9 Å². The molecule has 1 atom stereocenters. The Bertz CT molecular complexity index is 226. The minimum Gasteiger partial charge on any atom is -0.469 e. The van der Waals surface area contributed by atoms with Gasteiger partial charge >= 0.3 is 5.97 Å². The highest BCUT2D eigenvalue weighted by molar-refractivity contribution is 5.78. The van der Waals surface area contributed by atoms with Gasteiger partial charge in [0.25, 0.3) is 0 Å². The van der Waals surface area contributed by atoms with E-state index in [1.807, 2.05) is 0 Å². The largest absolute Gasteiger partial charge is 0.469 e. The molecule has 0 heterocycles. The molecule has 0 amide bonds. The Morgan fingerprint density at radius 2 is 2.06 bits per heavy atom. The predicted molar refractivity (Wildman–Crippen MR) is 65.0 cm³/mol. The zero-order chi connectivity index (χ0) is 12.0. The Kier molecular flexibility index (Phi) is 5.26. The standard InChI is InChI=1S/C13H25NO2/c1-3-4-5-6-9-13(10-14,11-7-8-11)12(15)16-2/h11H,3-10,14H2,1-2H3. The zero-order valence-electron chi connectivity index (χ0n) is 10.6. The number of methoxy groups -OCH3 is 1. The highest BCUT2D eigenvalue weighted by Gasteiger charge is 2.50. The molecule has 1 aliphatic carbocycles. The fourth-order valence-corrected chi connectivity index (χ4v) is 2.53. The van der Waals surface area contributed by atoms with Crippen LogP contribution in [0.15, 0.2) is 0 Å². The van der Waals surface area contributed by atoms with Gasteiger partial charge in [-0.25, -0.2) is 0 Å². The lowest BCUT2D eigenvalue weighted by Crippen LogP contribution is -2.41. The molecule has 0 aromatic rings. The summed E-state index contributed by atoms with van der Waals surface area (Å²) >= 11 is 0. The van der Waals surface area contributed by atoms with Crippen LogP contribution in [-0.4, -0.2) is 19.6 Å². The summed E-state index contributed by atoms with van der Waals surface area (Å²) in [5.74, 6) is 0.389. The van der Waals surface area contributed by atoms with E-state index in [1.54, 1.807) is 0 Å². The summed E-state index contributed by atoms with van der Waals surface area (Å²) in [7, 11) is 1.47. The summed E-state index contributed by atoms with van der Waals surface area (Å²) in [5, 5.41) is 0. The number of unbranched alkanes of at least 4 members (excludes halogenated alkanes) is 3. The van der Waals surface area contributed by atoms with Crippen LogP contribution >= 0.6 is 0 Å². The van der Waals surface area contributed by atoms with Gasteiger partial charge in [0.1, 0.15) is 0 Å². The van der Waals surface area contributed by atoms with E-state index in [0.717, 1.165) is 25.7 Å². The van der Waals surface area contributed by atoms with E-state index in [-0.39, 0.29) is 11.4 Å². The zero-order valence-corrected chi connectivity index (χ0v) is 10.6. The summed E-state index contributed by atoms with van der Waals surface area (Å²) in [6.07, 6.45) is 7.93. The molecule has 0 saturated heterocycles. The van der Waals surface area contributed by atoms with Crippen LogP contribution in [0.3, 0.4) is 0 Å². The maximum Gasteiger partial charge on any atom is 0.313 e. The molecule has 1 saturated carbocycles. The Balaban J connectivity index is 2.52. The van der Waals surface area contributed by atoms with Crippen molar-refractivity contribution in [3.63, 3.8) is 0 Å². The van der Waals surface area contributed by atoms with Crippen LogP contribution in [0, 0.1) is 11.3 Å². The first-order valence-corrected chi connectivity index (χ1v) is 6.49. The Hall–Kier alpha value is -0.570. The minimum atomic E-state index is -0.373. The van der Waals surface area contributed by atoms with E-state index in [4.69, 9.17) is 10.5 Å². The van der Waals surface area contributed by atoms with Gasteiger partial charge in [0.2, 0.25) is 0 Å². The van der Waals surface area contributed by atoms with Crippen molar-refractivity contribution in [2.24, 2.45) is 17.1 Å². The fraction of sp³-hybridized carbons (Fsp3) is 0.923. The molecule has 1 rings (SSSR count). The highest BCUT2D eigenvalue weighted by atomic mass is 16.5. The van der Waals surface area contributed by atoms with Crippen molar-refractivity contribution in [3.05, 3.63) is 0 Å². The Morgan fingerprint density at radius 3 is 2.50 bits per heavy atom. The molecule has 1 aliphatic rings. The van der Waals surface area contributed by atoms with Gasteiger partial charge in [-0.3, -0.25) is 4.79 Å². The van der Waals surface area contributed by atoms with E-state index in [9.17, 15) is 4.79 Å². The minimum absolute atomic E-state index is 0.0889. The summed E-state index contributed by atoms with van der Waals surface area (Å²) in [4.78, 5) is 11.9. The van der Waals surface area contributed by atoms with Crippen LogP contribution in [-0.2, 0) is 9.53 Å². The summed E-state index contributed by atoms with van der Waals surface area (Å²) < 4.78 is 4.95. The monoisotopic (exact) mass is 227 g/mol. The molecule has 16 heavy (non-hydrogen) atoms.